The fraction of sp³-hybridized carbons (Fsp3) is 0.400. The Labute approximate surface area is 194 Å². The number of aryl methyl sites for hydroxylation is 1. The monoisotopic (exact) mass is 449 g/mol. The highest BCUT2D eigenvalue weighted by Crippen LogP contribution is 2.39. The fourth-order valence-corrected chi connectivity index (χ4v) is 4.75. The third-order valence-corrected chi connectivity index (χ3v) is 6.44. The van der Waals surface area contributed by atoms with E-state index in [1.54, 1.807) is 9.80 Å². The number of carbonyl (C=O) groups excluding carboxylic acids is 3. The van der Waals surface area contributed by atoms with Crippen molar-refractivity contribution in [1.29, 1.82) is 0 Å². The van der Waals surface area contributed by atoms with Crippen molar-refractivity contribution >= 4 is 29.2 Å². The molecule has 8 nitrogen and oxygen atoms in total. The standard InChI is InChI=1S/C25H31N5O3/c1-3-26-22(31)17-29-18-30(21-10-5-4-6-11-21)25(23(29)32)12-14-28(15-13-25)24(33)27-20-9-7-8-19(2)16-20/h4-11,16H,3,12-15,17-18H2,1-2H3,(H,26,31)(H,27,33). The van der Waals surface area contributed by atoms with Crippen molar-refractivity contribution in [3.05, 3.63) is 60.2 Å². The smallest absolute Gasteiger partial charge is 0.321 e. The number of hydrogen-bond donors (Lipinski definition) is 2. The minimum absolute atomic E-state index is 0.0370. The molecule has 4 amide bonds. The molecule has 2 aliphatic rings. The second-order valence-electron chi connectivity index (χ2n) is 8.68. The number of carbonyl (C=O) groups is 3. The van der Waals surface area contributed by atoms with Gasteiger partial charge in [0.15, 0.2) is 0 Å². The first-order valence-electron chi connectivity index (χ1n) is 11.4. The number of piperidine rings is 1. The van der Waals surface area contributed by atoms with Gasteiger partial charge in [-0.05, 0) is 56.5 Å². The summed E-state index contributed by atoms with van der Waals surface area (Å²) < 4.78 is 0. The highest BCUT2D eigenvalue weighted by Gasteiger charge is 2.54. The quantitative estimate of drug-likeness (QED) is 0.735. The van der Waals surface area contributed by atoms with E-state index in [1.807, 2.05) is 68.4 Å². The van der Waals surface area contributed by atoms with Crippen molar-refractivity contribution < 1.29 is 14.4 Å². The molecule has 2 saturated heterocycles. The van der Waals surface area contributed by atoms with Gasteiger partial charge in [0.1, 0.15) is 12.1 Å². The molecule has 2 fully saturated rings. The Kier molecular flexibility index (Phi) is 6.53. The highest BCUT2D eigenvalue weighted by atomic mass is 16.2. The second-order valence-corrected chi connectivity index (χ2v) is 8.68. The molecule has 1 spiro atoms. The molecule has 0 aliphatic carbocycles. The van der Waals surface area contributed by atoms with Gasteiger partial charge in [0.2, 0.25) is 5.91 Å². The SMILES string of the molecule is CCNC(=O)CN1CN(c2ccccc2)C2(CCN(C(=O)Nc3cccc(C)c3)CC2)C1=O. The van der Waals surface area contributed by atoms with Crippen LogP contribution >= 0.6 is 0 Å². The highest BCUT2D eigenvalue weighted by molar-refractivity contribution is 5.96. The summed E-state index contributed by atoms with van der Waals surface area (Å²) in [5.74, 6) is -0.206. The van der Waals surface area contributed by atoms with E-state index in [9.17, 15) is 14.4 Å². The average molecular weight is 450 g/mol. The van der Waals surface area contributed by atoms with Crippen LogP contribution in [0.15, 0.2) is 54.6 Å². The van der Waals surface area contributed by atoms with Crippen molar-refractivity contribution in [3.63, 3.8) is 0 Å². The normalized spacial score (nSPS) is 17.4. The summed E-state index contributed by atoms with van der Waals surface area (Å²) in [6.45, 7) is 5.68. The Bertz CT molecular complexity index is 1020. The van der Waals surface area contributed by atoms with Crippen LogP contribution in [-0.2, 0) is 9.59 Å². The lowest BCUT2D eigenvalue weighted by atomic mass is 9.85. The molecule has 2 N–H and O–H groups in total. The third-order valence-electron chi connectivity index (χ3n) is 6.44. The van der Waals surface area contributed by atoms with Crippen LogP contribution in [0.4, 0.5) is 16.2 Å². The summed E-state index contributed by atoms with van der Waals surface area (Å²) in [4.78, 5) is 44.1. The van der Waals surface area contributed by atoms with E-state index >= 15 is 0 Å². The minimum atomic E-state index is -0.756. The molecule has 0 saturated carbocycles. The van der Waals surface area contributed by atoms with Crippen molar-refractivity contribution in [3.8, 4) is 0 Å². The molecule has 2 aromatic rings. The number of hydrogen-bond acceptors (Lipinski definition) is 4. The summed E-state index contributed by atoms with van der Waals surface area (Å²) in [6.07, 6.45) is 1.02. The number of amides is 4. The van der Waals surface area contributed by atoms with E-state index in [2.05, 4.69) is 15.5 Å². The van der Waals surface area contributed by atoms with Gasteiger partial charge in [-0.2, -0.15) is 0 Å². The van der Waals surface area contributed by atoms with Gasteiger partial charge in [0.05, 0.1) is 6.67 Å². The lowest BCUT2D eigenvalue weighted by Crippen LogP contribution is -2.58. The molecule has 174 valence electrons. The van der Waals surface area contributed by atoms with Gasteiger partial charge >= 0.3 is 6.03 Å². The molecular weight excluding hydrogens is 418 g/mol. The molecule has 0 radical (unpaired) electrons. The van der Waals surface area contributed by atoms with Gasteiger partial charge in [-0.15, -0.1) is 0 Å². The van der Waals surface area contributed by atoms with Crippen molar-refractivity contribution in [2.75, 3.05) is 43.1 Å². The van der Waals surface area contributed by atoms with Gasteiger partial charge in [0, 0.05) is 31.0 Å². The van der Waals surface area contributed by atoms with E-state index < -0.39 is 5.54 Å². The predicted octanol–water partition coefficient (Wildman–Crippen LogP) is 2.80. The van der Waals surface area contributed by atoms with Crippen LogP contribution in [0.2, 0.25) is 0 Å². The van der Waals surface area contributed by atoms with Crippen molar-refractivity contribution in [2.45, 2.75) is 32.2 Å². The van der Waals surface area contributed by atoms with Crippen LogP contribution in [0.25, 0.3) is 0 Å². The summed E-state index contributed by atoms with van der Waals surface area (Å²) in [5.41, 5.74) is 2.03. The summed E-state index contributed by atoms with van der Waals surface area (Å²) in [7, 11) is 0. The molecular formula is C25H31N5O3. The number of likely N-dealkylation sites (N-methyl/N-ethyl adjacent to an activating group) is 1. The van der Waals surface area contributed by atoms with E-state index in [1.165, 1.54) is 0 Å². The maximum Gasteiger partial charge on any atom is 0.321 e. The number of anilines is 2. The van der Waals surface area contributed by atoms with E-state index in [0.717, 1.165) is 16.9 Å². The van der Waals surface area contributed by atoms with Crippen LogP contribution in [0.3, 0.4) is 0 Å². The number of likely N-dealkylation sites (tertiary alicyclic amines) is 1. The summed E-state index contributed by atoms with van der Waals surface area (Å²) >= 11 is 0. The van der Waals surface area contributed by atoms with E-state index in [4.69, 9.17) is 0 Å². The Morgan fingerprint density at radius 2 is 1.76 bits per heavy atom. The van der Waals surface area contributed by atoms with Gasteiger partial charge in [0.25, 0.3) is 5.91 Å². The number of rotatable bonds is 5. The topological polar surface area (TPSA) is 85.0 Å². The van der Waals surface area contributed by atoms with Gasteiger partial charge < -0.3 is 25.3 Å². The first-order valence-corrected chi connectivity index (χ1v) is 11.4. The summed E-state index contributed by atoms with van der Waals surface area (Å²) in [6, 6.07) is 17.3. The Morgan fingerprint density at radius 3 is 2.42 bits per heavy atom. The number of para-hydroxylation sites is 1. The maximum absolute atomic E-state index is 13.6. The zero-order valence-corrected chi connectivity index (χ0v) is 19.2. The van der Waals surface area contributed by atoms with Gasteiger partial charge in [-0.25, -0.2) is 4.79 Å². The molecule has 0 bridgehead atoms. The Balaban J connectivity index is 1.50. The molecule has 8 heteroatoms. The van der Waals surface area contributed by atoms with Crippen molar-refractivity contribution in [1.82, 2.24) is 15.1 Å². The zero-order chi connectivity index (χ0) is 23.4. The fourth-order valence-electron chi connectivity index (χ4n) is 4.75. The van der Waals surface area contributed by atoms with E-state index in [0.29, 0.717) is 39.1 Å². The lowest BCUT2D eigenvalue weighted by molar-refractivity contribution is -0.137. The van der Waals surface area contributed by atoms with Crippen LogP contribution in [0, 0.1) is 6.92 Å². The number of urea groups is 1. The minimum Gasteiger partial charge on any atom is -0.355 e. The molecule has 33 heavy (non-hydrogen) atoms. The van der Waals surface area contributed by atoms with E-state index in [-0.39, 0.29) is 24.4 Å². The number of nitrogens with one attached hydrogen (secondary N) is 2. The molecule has 2 heterocycles. The Hall–Kier alpha value is -3.55. The van der Waals surface area contributed by atoms with Crippen LogP contribution in [0.1, 0.15) is 25.3 Å². The number of nitrogens with zero attached hydrogens (tertiary/aromatic N) is 3. The molecule has 4 rings (SSSR count). The van der Waals surface area contributed by atoms with Crippen LogP contribution in [-0.4, -0.2) is 66.0 Å². The maximum atomic E-state index is 13.6. The van der Waals surface area contributed by atoms with Crippen molar-refractivity contribution in [2.24, 2.45) is 0 Å². The van der Waals surface area contributed by atoms with Gasteiger partial charge in [-0.3, -0.25) is 9.59 Å². The predicted molar refractivity (Wildman–Crippen MR) is 128 cm³/mol. The first-order chi connectivity index (χ1) is 15.9. The average Bonchev–Trinajstić information content (AvgIpc) is 3.06. The summed E-state index contributed by atoms with van der Waals surface area (Å²) in [5, 5.41) is 5.74. The first kappa shape index (κ1) is 22.6. The molecule has 0 aromatic heterocycles. The Morgan fingerprint density at radius 1 is 1.03 bits per heavy atom. The zero-order valence-electron chi connectivity index (χ0n) is 19.2. The van der Waals surface area contributed by atoms with Crippen LogP contribution < -0.4 is 15.5 Å². The van der Waals surface area contributed by atoms with Gasteiger partial charge in [-0.1, -0.05) is 30.3 Å². The third kappa shape index (κ3) is 4.65. The molecule has 2 aromatic carbocycles. The molecule has 0 atom stereocenters. The molecule has 2 aliphatic heterocycles. The van der Waals surface area contributed by atoms with Crippen LogP contribution in [0.5, 0.6) is 0 Å². The largest absolute Gasteiger partial charge is 0.355 e. The molecule has 0 unspecified atom stereocenters. The second kappa shape index (κ2) is 9.52. The number of benzene rings is 2. The lowest BCUT2D eigenvalue weighted by Gasteiger charge is -2.43.